The van der Waals surface area contributed by atoms with Gasteiger partial charge in [0.05, 0.1) is 17.8 Å². The van der Waals surface area contributed by atoms with Gasteiger partial charge in [0.2, 0.25) is 5.82 Å². The number of hydrogen-bond acceptors (Lipinski definition) is 6. The first kappa shape index (κ1) is 20.1. The topological polar surface area (TPSA) is 97.8 Å². The Morgan fingerprint density at radius 2 is 1.77 bits per heavy atom. The summed E-state index contributed by atoms with van der Waals surface area (Å²) in [7, 11) is -2.22. The van der Waals surface area contributed by atoms with Gasteiger partial charge in [-0.1, -0.05) is 48.0 Å². The molecule has 0 saturated carbocycles. The number of nitrogens with zero attached hydrogens (tertiary/aromatic N) is 3. The molecule has 9 heteroatoms. The maximum Gasteiger partial charge on any atom is 0.204 e. The number of ether oxygens (including phenoxy) is 1. The lowest BCUT2D eigenvalue weighted by Gasteiger charge is -2.12. The van der Waals surface area contributed by atoms with Crippen molar-refractivity contribution in [3.05, 3.63) is 77.3 Å². The molecule has 3 aromatic carbocycles. The minimum Gasteiger partial charge on any atom is -0.496 e. The number of sulfone groups is 1. The molecule has 0 bridgehead atoms. The highest BCUT2D eigenvalue weighted by Gasteiger charge is 2.21. The number of H-pyrrole nitrogens is 1. The molecule has 4 rings (SSSR count). The highest BCUT2D eigenvalue weighted by atomic mass is 35.5. The van der Waals surface area contributed by atoms with Crippen LogP contribution < -0.4 is 4.74 Å². The summed E-state index contributed by atoms with van der Waals surface area (Å²) >= 11 is 6.16. The highest BCUT2D eigenvalue weighted by molar-refractivity contribution is 7.90. The minimum absolute atomic E-state index is 0.0713. The molecular formula is C21H17ClN4O3S. The number of halogens is 1. The summed E-state index contributed by atoms with van der Waals surface area (Å²) in [6.07, 6.45) is 0. The number of methoxy groups -OCH3 is 1. The molecule has 0 unspecified atom stereocenters. The molecule has 0 aliphatic carbocycles. The van der Waals surface area contributed by atoms with Gasteiger partial charge in [-0.3, -0.25) is 0 Å². The van der Waals surface area contributed by atoms with E-state index in [1.807, 2.05) is 42.5 Å². The highest BCUT2D eigenvalue weighted by Crippen LogP contribution is 2.31. The van der Waals surface area contributed by atoms with Gasteiger partial charge in [0.1, 0.15) is 5.75 Å². The van der Waals surface area contributed by atoms with Gasteiger partial charge in [-0.2, -0.15) is 5.21 Å². The maximum absolute atomic E-state index is 13.2. The minimum atomic E-state index is -3.73. The fourth-order valence-corrected chi connectivity index (χ4v) is 4.86. The predicted molar refractivity (Wildman–Crippen MR) is 114 cm³/mol. The lowest BCUT2D eigenvalue weighted by Crippen LogP contribution is -2.07. The summed E-state index contributed by atoms with van der Waals surface area (Å²) in [5.74, 6) is 0.513. The Morgan fingerprint density at radius 1 is 0.967 bits per heavy atom. The first-order valence-electron chi connectivity index (χ1n) is 8.96. The fraction of sp³-hybridized carbons (Fsp3) is 0.0952. The molecule has 7 nitrogen and oxygen atoms in total. The number of tetrazole rings is 1. The molecule has 152 valence electrons. The van der Waals surface area contributed by atoms with Crippen LogP contribution in [0.1, 0.15) is 5.56 Å². The Hall–Kier alpha value is -3.23. The first-order valence-corrected chi connectivity index (χ1v) is 11.0. The molecule has 0 saturated heterocycles. The Balaban J connectivity index is 1.73. The van der Waals surface area contributed by atoms with E-state index < -0.39 is 9.84 Å². The fourth-order valence-electron chi connectivity index (χ4n) is 3.15. The van der Waals surface area contributed by atoms with E-state index in [9.17, 15) is 8.42 Å². The molecule has 0 aliphatic heterocycles. The van der Waals surface area contributed by atoms with E-state index in [0.717, 1.165) is 11.1 Å². The van der Waals surface area contributed by atoms with Crippen LogP contribution in [0.3, 0.4) is 0 Å². The molecule has 1 heterocycles. The van der Waals surface area contributed by atoms with E-state index >= 15 is 0 Å². The molecule has 1 N–H and O–H groups in total. The van der Waals surface area contributed by atoms with Crippen molar-refractivity contribution in [2.45, 2.75) is 10.6 Å². The van der Waals surface area contributed by atoms with E-state index in [0.29, 0.717) is 16.9 Å². The van der Waals surface area contributed by atoms with Gasteiger partial charge in [-0.15, -0.1) is 10.2 Å². The number of rotatable bonds is 6. The lowest BCUT2D eigenvalue weighted by molar-refractivity contribution is 0.411. The van der Waals surface area contributed by atoms with Crippen molar-refractivity contribution in [2.75, 3.05) is 7.11 Å². The number of aromatic amines is 1. The summed E-state index contributed by atoms with van der Waals surface area (Å²) < 4.78 is 31.8. The van der Waals surface area contributed by atoms with Crippen LogP contribution in [0.15, 0.2) is 71.6 Å². The van der Waals surface area contributed by atoms with Gasteiger partial charge >= 0.3 is 0 Å². The second-order valence-corrected chi connectivity index (χ2v) is 8.99. The predicted octanol–water partition coefficient (Wildman–Crippen LogP) is 4.17. The van der Waals surface area contributed by atoms with Crippen molar-refractivity contribution in [3.8, 4) is 28.3 Å². The average molecular weight is 441 g/mol. The number of benzene rings is 3. The van der Waals surface area contributed by atoms with Crippen LogP contribution in [-0.4, -0.2) is 36.2 Å². The summed E-state index contributed by atoms with van der Waals surface area (Å²) in [6, 6.07) is 19.7. The molecule has 0 spiro atoms. The molecule has 4 aromatic rings. The maximum atomic E-state index is 13.2. The molecule has 1 aromatic heterocycles. The molecular weight excluding hydrogens is 424 g/mol. The van der Waals surface area contributed by atoms with E-state index in [1.165, 1.54) is 19.2 Å². The normalized spacial score (nSPS) is 11.4. The monoisotopic (exact) mass is 440 g/mol. The summed E-state index contributed by atoms with van der Waals surface area (Å²) in [4.78, 5) is 0.0713. The zero-order valence-electron chi connectivity index (χ0n) is 15.9. The summed E-state index contributed by atoms with van der Waals surface area (Å²) in [5.41, 5.74) is 2.90. The van der Waals surface area contributed by atoms with Crippen molar-refractivity contribution in [3.63, 3.8) is 0 Å². The van der Waals surface area contributed by atoms with Crippen molar-refractivity contribution < 1.29 is 13.2 Å². The molecule has 0 fully saturated rings. The Labute approximate surface area is 178 Å². The van der Waals surface area contributed by atoms with Crippen LogP contribution in [0.5, 0.6) is 5.75 Å². The smallest absolute Gasteiger partial charge is 0.204 e. The number of aromatic nitrogens is 4. The second-order valence-electron chi connectivity index (χ2n) is 6.56. The summed E-state index contributed by atoms with van der Waals surface area (Å²) in [6.45, 7) is 0. The first-order chi connectivity index (χ1) is 14.5. The third-order valence-electron chi connectivity index (χ3n) is 4.57. The zero-order chi connectivity index (χ0) is 21.1. The van der Waals surface area contributed by atoms with Crippen LogP contribution >= 0.6 is 11.6 Å². The van der Waals surface area contributed by atoms with Crippen LogP contribution in [0, 0.1) is 0 Å². The van der Waals surface area contributed by atoms with E-state index in [-0.39, 0.29) is 21.5 Å². The van der Waals surface area contributed by atoms with Gasteiger partial charge in [0.25, 0.3) is 0 Å². The van der Waals surface area contributed by atoms with Crippen LogP contribution in [0.4, 0.5) is 0 Å². The molecule has 0 amide bonds. The van der Waals surface area contributed by atoms with Crippen molar-refractivity contribution in [1.82, 2.24) is 20.6 Å². The molecule has 0 radical (unpaired) electrons. The van der Waals surface area contributed by atoms with Gasteiger partial charge in [-0.25, -0.2) is 8.42 Å². The SMILES string of the molecule is COc1ccc(-c2ccccc2)cc1CS(=O)(=O)c1cc(Cl)cc(-c2nn[nH]n2)c1. The quantitative estimate of drug-likeness (QED) is 0.483. The van der Waals surface area contributed by atoms with Crippen LogP contribution in [-0.2, 0) is 15.6 Å². The average Bonchev–Trinajstić information content (AvgIpc) is 3.29. The van der Waals surface area contributed by atoms with Gasteiger partial charge < -0.3 is 4.74 Å². The molecule has 0 aliphatic rings. The Kier molecular flexibility index (Phi) is 5.52. The standard InChI is InChI=1S/C21H17ClN4O3S/c1-29-20-8-7-15(14-5-3-2-4-6-14)9-17(20)13-30(27,28)19-11-16(10-18(22)12-19)21-23-25-26-24-21/h2-12H,13H2,1H3,(H,23,24,25,26). The molecule has 30 heavy (non-hydrogen) atoms. The number of nitrogens with one attached hydrogen (secondary N) is 1. The van der Waals surface area contributed by atoms with Gasteiger partial charge in [0.15, 0.2) is 9.84 Å². The summed E-state index contributed by atoms with van der Waals surface area (Å²) in [5, 5.41) is 13.9. The van der Waals surface area contributed by atoms with E-state index in [2.05, 4.69) is 20.6 Å². The second kappa shape index (κ2) is 8.25. The van der Waals surface area contributed by atoms with Crippen LogP contribution in [0.2, 0.25) is 5.02 Å². The Morgan fingerprint density at radius 3 is 2.47 bits per heavy atom. The van der Waals surface area contributed by atoms with Crippen molar-refractivity contribution in [1.29, 1.82) is 0 Å². The third-order valence-corrected chi connectivity index (χ3v) is 6.43. The van der Waals surface area contributed by atoms with Crippen LogP contribution in [0.25, 0.3) is 22.5 Å². The Bertz CT molecular complexity index is 1280. The van der Waals surface area contributed by atoms with E-state index in [4.69, 9.17) is 16.3 Å². The van der Waals surface area contributed by atoms with Crippen molar-refractivity contribution in [2.24, 2.45) is 0 Å². The zero-order valence-corrected chi connectivity index (χ0v) is 17.5. The van der Waals surface area contributed by atoms with Crippen molar-refractivity contribution >= 4 is 21.4 Å². The largest absolute Gasteiger partial charge is 0.496 e. The lowest BCUT2D eigenvalue weighted by atomic mass is 10.0. The van der Waals surface area contributed by atoms with E-state index in [1.54, 1.807) is 12.1 Å². The third kappa shape index (κ3) is 4.19. The number of hydrogen-bond donors (Lipinski definition) is 1. The van der Waals surface area contributed by atoms with Gasteiger partial charge in [0, 0.05) is 16.1 Å². The molecule has 0 atom stereocenters. The van der Waals surface area contributed by atoms with Gasteiger partial charge in [-0.05, 0) is 46.7 Å².